The van der Waals surface area contributed by atoms with E-state index in [-0.39, 0.29) is 42.2 Å². The Bertz CT molecular complexity index is 1070. The molecule has 4 rings (SSSR count). The van der Waals surface area contributed by atoms with Crippen molar-refractivity contribution >= 4 is 29.3 Å². The molecular weight excluding hydrogens is 464 g/mol. The molecular formula is C28H36O8. The Morgan fingerprint density at radius 2 is 1.81 bits per heavy atom. The third-order valence-electron chi connectivity index (χ3n) is 9.62. The molecule has 0 amide bonds. The van der Waals surface area contributed by atoms with E-state index in [1.807, 2.05) is 13.0 Å². The number of Topliss-reactive ketones (excluding diaryl/α,β-unsaturated/α-hetero) is 2. The Hall–Kier alpha value is -2.61. The first-order chi connectivity index (χ1) is 16.8. The van der Waals surface area contributed by atoms with Gasteiger partial charge in [0.1, 0.15) is 11.9 Å². The van der Waals surface area contributed by atoms with E-state index in [0.29, 0.717) is 19.3 Å². The van der Waals surface area contributed by atoms with Crippen LogP contribution in [0.1, 0.15) is 66.7 Å². The van der Waals surface area contributed by atoms with Crippen molar-refractivity contribution in [3.05, 3.63) is 23.8 Å². The molecule has 196 valence electrons. The Balaban J connectivity index is 1.84. The van der Waals surface area contributed by atoms with Crippen LogP contribution in [0.25, 0.3) is 0 Å². The van der Waals surface area contributed by atoms with Gasteiger partial charge in [-0.15, -0.1) is 0 Å². The minimum absolute atomic E-state index is 0.0413. The Morgan fingerprint density at radius 1 is 1.11 bits per heavy atom. The maximum Gasteiger partial charge on any atom is 0.303 e. The predicted octanol–water partition coefficient (Wildman–Crippen LogP) is 2.90. The fraction of sp³-hybridized carbons (Fsp3) is 0.679. The van der Waals surface area contributed by atoms with Crippen molar-refractivity contribution in [2.24, 2.45) is 34.0 Å². The monoisotopic (exact) mass is 500 g/mol. The first kappa shape index (κ1) is 26.5. The van der Waals surface area contributed by atoms with Gasteiger partial charge in [-0.25, -0.2) is 0 Å². The second kappa shape index (κ2) is 9.05. The van der Waals surface area contributed by atoms with Crippen LogP contribution in [-0.2, 0) is 33.4 Å². The molecule has 2 saturated carbocycles. The molecule has 0 bridgehead atoms. The highest BCUT2D eigenvalue weighted by molar-refractivity contribution is 5.94. The van der Waals surface area contributed by atoms with Gasteiger partial charge >= 0.3 is 11.9 Å². The van der Waals surface area contributed by atoms with Gasteiger partial charge in [-0.1, -0.05) is 31.6 Å². The van der Waals surface area contributed by atoms with Crippen LogP contribution in [0, 0.1) is 34.0 Å². The van der Waals surface area contributed by atoms with Crippen LogP contribution in [0.3, 0.4) is 0 Å². The average molecular weight is 501 g/mol. The van der Waals surface area contributed by atoms with Crippen LogP contribution in [0.4, 0.5) is 0 Å². The standard InChI is InChI=1S/C28H36O8/c1-15(29)12-28(23(34)14-35-16(2)30)24(36-17(3)31)11-21-20-7-6-18-10-19(32)8-9-26(18,4)25(20)22(33)13-27(21,28)5/h6,8-9,20-22,24-25,33H,7,10-14H2,1-5H3. The number of aliphatic hydroxyl groups excluding tert-OH is 1. The lowest BCUT2D eigenvalue weighted by molar-refractivity contribution is -0.178. The van der Waals surface area contributed by atoms with Crippen molar-refractivity contribution in [1.82, 2.24) is 0 Å². The van der Waals surface area contributed by atoms with Crippen LogP contribution >= 0.6 is 0 Å². The van der Waals surface area contributed by atoms with Crippen molar-refractivity contribution in [1.29, 1.82) is 0 Å². The van der Waals surface area contributed by atoms with Crippen LogP contribution in [0.5, 0.6) is 0 Å². The normalized spacial score (nSPS) is 40.9. The van der Waals surface area contributed by atoms with E-state index >= 15 is 0 Å². The van der Waals surface area contributed by atoms with Crippen molar-refractivity contribution in [3.63, 3.8) is 0 Å². The number of allylic oxidation sites excluding steroid dienone is 4. The predicted molar refractivity (Wildman–Crippen MR) is 128 cm³/mol. The summed E-state index contributed by atoms with van der Waals surface area (Å²) in [4.78, 5) is 62.3. The number of esters is 2. The third kappa shape index (κ3) is 3.88. The maximum absolute atomic E-state index is 13.9. The van der Waals surface area contributed by atoms with Gasteiger partial charge in [-0.3, -0.25) is 24.0 Å². The van der Waals surface area contributed by atoms with Crippen molar-refractivity contribution in [3.8, 4) is 0 Å². The van der Waals surface area contributed by atoms with Gasteiger partial charge in [0.2, 0.25) is 0 Å². The zero-order valence-electron chi connectivity index (χ0n) is 21.7. The largest absolute Gasteiger partial charge is 0.461 e. The summed E-state index contributed by atoms with van der Waals surface area (Å²) in [6.07, 6.45) is 5.26. The van der Waals surface area contributed by atoms with Crippen LogP contribution in [-0.4, -0.2) is 53.2 Å². The molecule has 0 aromatic rings. The van der Waals surface area contributed by atoms with E-state index in [1.54, 1.807) is 6.08 Å². The summed E-state index contributed by atoms with van der Waals surface area (Å²) in [5.74, 6) is -2.22. The van der Waals surface area contributed by atoms with Crippen LogP contribution < -0.4 is 0 Å². The number of ether oxygens (including phenoxy) is 2. The smallest absolute Gasteiger partial charge is 0.303 e. The van der Waals surface area contributed by atoms with E-state index < -0.39 is 52.8 Å². The highest BCUT2D eigenvalue weighted by Crippen LogP contribution is 2.70. The lowest BCUT2D eigenvalue weighted by Gasteiger charge is -2.59. The summed E-state index contributed by atoms with van der Waals surface area (Å²) >= 11 is 0. The van der Waals surface area contributed by atoms with E-state index in [9.17, 15) is 29.1 Å². The summed E-state index contributed by atoms with van der Waals surface area (Å²) < 4.78 is 10.8. The molecule has 4 aliphatic carbocycles. The SMILES string of the molecule is CC(=O)CC1(C(=O)COC(C)=O)C(OC(C)=O)CC2C3CC=C4CC(=O)C=CC4(C)C3C(O)CC21C. The van der Waals surface area contributed by atoms with Crippen molar-refractivity contribution in [2.75, 3.05) is 6.61 Å². The van der Waals surface area contributed by atoms with Crippen molar-refractivity contribution < 1.29 is 38.6 Å². The van der Waals surface area contributed by atoms with E-state index in [0.717, 1.165) is 5.57 Å². The third-order valence-corrected chi connectivity index (χ3v) is 9.62. The number of hydrogen-bond donors (Lipinski definition) is 1. The Morgan fingerprint density at radius 3 is 2.42 bits per heavy atom. The minimum Gasteiger partial charge on any atom is -0.461 e. The van der Waals surface area contributed by atoms with Crippen molar-refractivity contribution in [2.45, 2.75) is 78.9 Å². The average Bonchev–Trinajstić information content (AvgIpc) is 2.99. The van der Waals surface area contributed by atoms with Crippen LogP contribution in [0.2, 0.25) is 0 Å². The zero-order valence-corrected chi connectivity index (χ0v) is 21.7. The molecule has 1 N–H and O–H groups in total. The Kier molecular flexibility index (Phi) is 6.65. The molecule has 0 saturated heterocycles. The second-order valence-electron chi connectivity index (χ2n) is 11.6. The summed E-state index contributed by atoms with van der Waals surface area (Å²) in [6.45, 7) is 7.31. The number of rotatable bonds is 6. The van der Waals surface area contributed by atoms with Gasteiger partial charge in [0.25, 0.3) is 0 Å². The molecule has 0 radical (unpaired) electrons. The quantitative estimate of drug-likeness (QED) is 0.436. The molecule has 36 heavy (non-hydrogen) atoms. The number of aliphatic hydroxyl groups is 1. The van der Waals surface area contributed by atoms with Gasteiger partial charge in [0.05, 0.1) is 11.5 Å². The van der Waals surface area contributed by atoms with E-state index in [4.69, 9.17) is 9.47 Å². The highest BCUT2D eigenvalue weighted by atomic mass is 16.5. The molecule has 2 fully saturated rings. The van der Waals surface area contributed by atoms with Gasteiger partial charge < -0.3 is 14.6 Å². The molecule has 0 aromatic carbocycles. The summed E-state index contributed by atoms with van der Waals surface area (Å²) in [7, 11) is 0. The first-order valence-corrected chi connectivity index (χ1v) is 12.7. The van der Waals surface area contributed by atoms with Gasteiger partial charge in [-0.05, 0) is 49.5 Å². The molecule has 8 atom stereocenters. The molecule has 0 spiro atoms. The molecule has 0 heterocycles. The summed E-state index contributed by atoms with van der Waals surface area (Å²) in [5, 5.41) is 11.7. The lowest BCUT2D eigenvalue weighted by atomic mass is 9.44. The summed E-state index contributed by atoms with van der Waals surface area (Å²) in [6, 6.07) is 0. The van der Waals surface area contributed by atoms with E-state index in [2.05, 4.69) is 13.0 Å². The minimum atomic E-state index is -1.43. The number of fused-ring (bicyclic) bond motifs is 5. The Labute approximate surface area is 211 Å². The van der Waals surface area contributed by atoms with Crippen LogP contribution in [0.15, 0.2) is 23.8 Å². The topological polar surface area (TPSA) is 124 Å². The number of hydrogen-bond acceptors (Lipinski definition) is 8. The zero-order chi connectivity index (χ0) is 26.6. The fourth-order valence-electron chi connectivity index (χ4n) is 8.28. The molecule has 4 aliphatic rings. The van der Waals surface area contributed by atoms with Gasteiger partial charge in [0.15, 0.2) is 18.2 Å². The number of ketones is 3. The molecule has 8 unspecified atom stereocenters. The van der Waals surface area contributed by atoms with Gasteiger partial charge in [-0.2, -0.15) is 0 Å². The fourth-order valence-corrected chi connectivity index (χ4v) is 8.28. The first-order valence-electron chi connectivity index (χ1n) is 12.7. The number of carbonyl (C=O) groups is 5. The maximum atomic E-state index is 13.9. The summed E-state index contributed by atoms with van der Waals surface area (Å²) in [5.41, 5.74) is -1.80. The van der Waals surface area contributed by atoms with E-state index in [1.165, 1.54) is 20.8 Å². The van der Waals surface area contributed by atoms with Gasteiger partial charge in [0, 0.05) is 38.0 Å². The molecule has 8 heteroatoms. The highest BCUT2D eigenvalue weighted by Gasteiger charge is 2.72. The molecule has 0 aromatic heterocycles. The lowest BCUT2D eigenvalue weighted by Crippen LogP contribution is -2.60. The molecule has 0 aliphatic heterocycles. The second-order valence-corrected chi connectivity index (χ2v) is 11.6. The number of carbonyl (C=O) groups excluding carboxylic acids is 5. The molecule has 8 nitrogen and oxygen atoms in total.